The van der Waals surface area contributed by atoms with Crippen molar-refractivity contribution >= 4 is 23.4 Å². The first-order chi connectivity index (χ1) is 10.3. The number of nitrogens with one attached hydrogen (secondary N) is 2. The fourth-order valence-corrected chi connectivity index (χ4v) is 3.78. The highest BCUT2D eigenvalue weighted by Crippen LogP contribution is 2.26. The average molecular weight is 301 g/mol. The van der Waals surface area contributed by atoms with Gasteiger partial charge in [-0.05, 0) is 54.0 Å². The topological polar surface area (TPSA) is 57.8 Å². The largest absolute Gasteiger partial charge is 0.326 e. The second-order valence-corrected chi connectivity index (χ2v) is 6.58. The summed E-state index contributed by atoms with van der Waals surface area (Å²) < 4.78 is 0. The van der Waals surface area contributed by atoms with Crippen LogP contribution in [0.1, 0.15) is 19.3 Å². The van der Waals surface area contributed by atoms with Crippen molar-refractivity contribution in [1.82, 2.24) is 10.2 Å². The fraction of sp³-hybridized carbons (Fsp3) is 0.375. The zero-order valence-corrected chi connectivity index (χ0v) is 12.7. The Morgan fingerprint density at radius 3 is 2.67 bits per heavy atom. The molecular formula is C16H19N3OS. The minimum atomic E-state index is 0.126. The van der Waals surface area contributed by atoms with Crippen molar-refractivity contribution in [1.29, 1.82) is 0 Å². The predicted molar refractivity (Wildman–Crippen MR) is 87.3 cm³/mol. The molecule has 0 unspecified atom stereocenters. The van der Waals surface area contributed by atoms with Crippen molar-refractivity contribution in [3.8, 4) is 11.3 Å². The van der Waals surface area contributed by atoms with Crippen LogP contribution in [0.25, 0.3) is 11.3 Å². The maximum atomic E-state index is 12.1. The smallest absolute Gasteiger partial charge is 0.224 e. The molecule has 0 radical (unpaired) electrons. The number of carbonyl (C=O) groups is 1. The number of H-pyrrole nitrogens is 1. The van der Waals surface area contributed by atoms with Gasteiger partial charge in [-0.15, -0.1) is 0 Å². The highest BCUT2D eigenvalue weighted by Gasteiger charge is 2.17. The summed E-state index contributed by atoms with van der Waals surface area (Å²) in [5, 5.41) is 9.86. The molecule has 1 fully saturated rings. The Morgan fingerprint density at radius 1 is 1.24 bits per heavy atom. The lowest BCUT2D eigenvalue weighted by molar-refractivity contribution is -0.117. The molecule has 5 heteroatoms. The molecule has 4 nitrogen and oxygen atoms in total. The monoisotopic (exact) mass is 301 g/mol. The number of aromatic amines is 1. The van der Waals surface area contributed by atoms with E-state index >= 15 is 0 Å². The van der Waals surface area contributed by atoms with Crippen LogP contribution in [0.5, 0.6) is 0 Å². The van der Waals surface area contributed by atoms with Crippen molar-refractivity contribution in [2.24, 2.45) is 5.92 Å². The molecule has 0 bridgehead atoms. The second kappa shape index (κ2) is 6.80. The molecule has 110 valence electrons. The van der Waals surface area contributed by atoms with Crippen molar-refractivity contribution in [2.75, 3.05) is 16.8 Å². The molecule has 3 rings (SSSR count). The van der Waals surface area contributed by atoms with E-state index in [1.54, 1.807) is 6.20 Å². The number of benzene rings is 1. The summed E-state index contributed by atoms with van der Waals surface area (Å²) in [5.74, 6) is 3.06. The van der Waals surface area contributed by atoms with E-state index in [-0.39, 0.29) is 5.91 Å². The first kappa shape index (κ1) is 14.2. The summed E-state index contributed by atoms with van der Waals surface area (Å²) >= 11 is 1.99. The molecule has 1 aliphatic heterocycles. The quantitative estimate of drug-likeness (QED) is 0.908. The molecule has 2 heterocycles. The van der Waals surface area contributed by atoms with Crippen molar-refractivity contribution in [3.05, 3.63) is 36.5 Å². The third-order valence-corrected chi connectivity index (χ3v) is 4.84. The molecule has 1 aromatic carbocycles. The van der Waals surface area contributed by atoms with Crippen LogP contribution < -0.4 is 5.32 Å². The first-order valence-electron chi connectivity index (χ1n) is 7.28. The third kappa shape index (κ3) is 3.88. The van der Waals surface area contributed by atoms with Gasteiger partial charge in [-0.25, -0.2) is 0 Å². The lowest BCUT2D eigenvalue weighted by atomic mass is 9.98. The number of hydrogen-bond donors (Lipinski definition) is 2. The number of aromatic nitrogens is 2. The van der Waals surface area contributed by atoms with E-state index in [0.29, 0.717) is 12.3 Å². The summed E-state index contributed by atoms with van der Waals surface area (Å²) in [4.78, 5) is 12.1. The van der Waals surface area contributed by atoms with Gasteiger partial charge >= 0.3 is 0 Å². The van der Waals surface area contributed by atoms with Crippen LogP contribution >= 0.6 is 11.8 Å². The van der Waals surface area contributed by atoms with Crippen molar-refractivity contribution in [2.45, 2.75) is 19.3 Å². The highest BCUT2D eigenvalue weighted by molar-refractivity contribution is 7.99. The van der Waals surface area contributed by atoms with Crippen molar-refractivity contribution in [3.63, 3.8) is 0 Å². The minimum absolute atomic E-state index is 0.126. The van der Waals surface area contributed by atoms with E-state index in [9.17, 15) is 4.79 Å². The van der Waals surface area contributed by atoms with Crippen LogP contribution in [-0.4, -0.2) is 27.6 Å². The lowest BCUT2D eigenvalue weighted by Gasteiger charge is -2.20. The zero-order valence-electron chi connectivity index (χ0n) is 11.8. The molecule has 21 heavy (non-hydrogen) atoms. The molecule has 0 spiro atoms. The summed E-state index contributed by atoms with van der Waals surface area (Å²) in [6.07, 6.45) is 4.70. The predicted octanol–water partition coefficient (Wildman–Crippen LogP) is 3.55. The van der Waals surface area contributed by atoms with Crippen LogP contribution in [0, 0.1) is 5.92 Å². The zero-order chi connectivity index (χ0) is 14.5. The van der Waals surface area contributed by atoms with Gasteiger partial charge in [0.2, 0.25) is 5.91 Å². The Labute approximate surface area is 128 Å². The molecule has 0 atom stereocenters. The van der Waals surface area contributed by atoms with Gasteiger partial charge in [0.25, 0.3) is 0 Å². The van der Waals surface area contributed by atoms with Gasteiger partial charge in [0.15, 0.2) is 0 Å². The Hall–Kier alpha value is -1.75. The standard InChI is InChI=1S/C16H19N3OS/c20-16(11-12-6-9-21-10-7-12)18-14-3-1-13(2-4-14)15-5-8-17-19-15/h1-5,8,12H,6-7,9-11H2,(H,17,19)(H,18,20). The highest BCUT2D eigenvalue weighted by atomic mass is 32.2. The molecule has 0 saturated carbocycles. The van der Waals surface area contributed by atoms with E-state index in [2.05, 4.69) is 15.5 Å². The van der Waals surface area contributed by atoms with Crippen LogP contribution in [0.15, 0.2) is 36.5 Å². The van der Waals surface area contributed by atoms with Gasteiger partial charge in [-0.1, -0.05) is 12.1 Å². The van der Waals surface area contributed by atoms with Crippen LogP contribution in [0.3, 0.4) is 0 Å². The third-order valence-electron chi connectivity index (χ3n) is 3.80. The van der Waals surface area contributed by atoms with Crippen LogP contribution in [-0.2, 0) is 4.79 Å². The molecule has 2 aromatic rings. The van der Waals surface area contributed by atoms with E-state index in [1.165, 1.54) is 11.5 Å². The second-order valence-electron chi connectivity index (χ2n) is 5.36. The van der Waals surface area contributed by atoms with Crippen molar-refractivity contribution < 1.29 is 4.79 Å². The molecule has 1 aliphatic rings. The molecule has 2 N–H and O–H groups in total. The summed E-state index contributed by atoms with van der Waals surface area (Å²) in [6, 6.07) is 9.77. The Kier molecular flexibility index (Phi) is 4.60. The maximum absolute atomic E-state index is 12.1. The van der Waals surface area contributed by atoms with Crippen LogP contribution in [0.4, 0.5) is 5.69 Å². The number of thioether (sulfide) groups is 1. The average Bonchev–Trinajstić information content (AvgIpc) is 3.03. The Morgan fingerprint density at radius 2 is 2.00 bits per heavy atom. The Bertz CT molecular complexity index is 574. The van der Waals surface area contributed by atoms with Gasteiger partial charge in [0.1, 0.15) is 0 Å². The molecular weight excluding hydrogens is 282 g/mol. The summed E-state index contributed by atoms with van der Waals surface area (Å²) in [7, 11) is 0. The lowest BCUT2D eigenvalue weighted by Crippen LogP contribution is -2.19. The number of rotatable bonds is 4. The van der Waals surface area contributed by atoms with Gasteiger partial charge < -0.3 is 5.32 Å². The number of carbonyl (C=O) groups excluding carboxylic acids is 1. The van der Waals surface area contributed by atoms with E-state index < -0.39 is 0 Å². The number of nitrogens with zero attached hydrogens (tertiary/aromatic N) is 1. The van der Waals surface area contributed by atoms with E-state index in [4.69, 9.17) is 0 Å². The number of hydrogen-bond acceptors (Lipinski definition) is 3. The molecule has 1 aromatic heterocycles. The molecule has 0 aliphatic carbocycles. The summed E-state index contributed by atoms with van der Waals surface area (Å²) in [6.45, 7) is 0. The normalized spacial score (nSPS) is 15.8. The fourth-order valence-electron chi connectivity index (χ4n) is 2.57. The SMILES string of the molecule is O=C(CC1CCSCC1)Nc1ccc(-c2ccn[nH]2)cc1. The van der Waals surface area contributed by atoms with E-state index in [1.807, 2.05) is 42.1 Å². The Balaban J connectivity index is 1.56. The number of anilines is 1. The van der Waals surface area contributed by atoms with Gasteiger partial charge in [-0.2, -0.15) is 16.9 Å². The van der Waals surface area contributed by atoms with Gasteiger partial charge in [0, 0.05) is 18.3 Å². The maximum Gasteiger partial charge on any atom is 0.224 e. The first-order valence-corrected chi connectivity index (χ1v) is 8.44. The minimum Gasteiger partial charge on any atom is -0.326 e. The number of amides is 1. The molecule has 1 amide bonds. The van der Waals surface area contributed by atoms with Crippen LogP contribution in [0.2, 0.25) is 0 Å². The molecule has 1 saturated heterocycles. The van der Waals surface area contributed by atoms with Gasteiger partial charge in [0.05, 0.1) is 5.69 Å². The van der Waals surface area contributed by atoms with E-state index in [0.717, 1.165) is 29.8 Å². The van der Waals surface area contributed by atoms with Gasteiger partial charge in [-0.3, -0.25) is 9.89 Å². The summed E-state index contributed by atoms with van der Waals surface area (Å²) in [5.41, 5.74) is 2.90.